The molecule has 1 aromatic carbocycles. The summed E-state index contributed by atoms with van der Waals surface area (Å²) < 4.78 is 30.2. The number of para-hydroxylation sites is 1. The van der Waals surface area contributed by atoms with Crippen molar-refractivity contribution in [2.24, 2.45) is 0 Å². The van der Waals surface area contributed by atoms with Gasteiger partial charge >= 0.3 is 0 Å². The molecular formula is C12H17NO3S. The van der Waals surface area contributed by atoms with Crippen LogP contribution in [0.2, 0.25) is 0 Å². The Labute approximate surface area is 102 Å². The van der Waals surface area contributed by atoms with Crippen molar-refractivity contribution in [3.8, 4) is 5.75 Å². The summed E-state index contributed by atoms with van der Waals surface area (Å²) in [6, 6.07) is 9.52. The lowest BCUT2D eigenvalue weighted by atomic mass is 10.1. The highest BCUT2D eigenvalue weighted by Gasteiger charge is 2.26. The molecule has 1 atom stereocenters. The number of sulfonamides is 1. The first kappa shape index (κ1) is 12.4. The van der Waals surface area contributed by atoms with E-state index in [2.05, 4.69) is 0 Å². The van der Waals surface area contributed by atoms with Crippen LogP contribution >= 0.6 is 0 Å². The van der Waals surface area contributed by atoms with Crippen LogP contribution in [0.1, 0.15) is 12.8 Å². The molecule has 1 aliphatic rings. The summed E-state index contributed by atoms with van der Waals surface area (Å²) in [6.45, 7) is 1.06. The fraction of sp³-hybridized carbons (Fsp3) is 0.500. The first-order valence-corrected chi connectivity index (χ1v) is 7.57. The predicted octanol–water partition coefficient (Wildman–Crippen LogP) is 1.49. The van der Waals surface area contributed by atoms with Crippen molar-refractivity contribution in [1.29, 1.82) is 0 Å². The average molecular weight is 255 g/mol. The largest absolute Gasteiger partial charge is 0.489 e. The molecule has 94 valence electrons. The van der Waals surface area contributed by atoms with Gasteiger partial charge in [0.25, 0.3) is 0 Å². The summed E-state index contributed by atoms with van der Waals surface area (Å²) in [5.74, 6) is 0.799. The van der Waals surface area contributed by atoms with Crippen LogP contribution in [0.3, 0.4) is 0 Å². The van der Waals surface area contributed by atoms with Crippen molar-refractivity contribution in [3.63, 3.8) is 0 Å². The van der Waals surface area contributed by atoms with E-state index in [0.29, 0.717) is 13.1 Å². The van der Waals surface area contributed by atoms with Crippen molar-refractivity contribution in [3.05, 3.63) is 30.3 Å². The Morgan fingerprint density at radius 3 is 2.65 bits per heavy atom. The van der Waals surface area contributed by atoms with Crippen molar-refractivity contribution in [1.82, 2.24) is 4.31 Å². The van der Waals surface area contributed by atoms with E-state index in [4.69, 9.17) is 4.74 Å². The minimum absolute atomic E-state index is 0.0409. The Hall–Kier alpha value is -1.07. The smallest absolute Gasteiger partial charge is 0.211 e. The third kappa shape index (κ3) is 3.44. The molecule has 1 aromatic rings. The van der Waals surface area contributed by atoms with Crippen LogP contribution < -0.4 is 4.74 Å². The third-order valence-corrected chi connectivity index (χ3v) is 4.13. The second-order valence-electron chi connectivity index (χ2n) is 4.32. The summed E-state index contributed by atoms with van der Waals surface area (Å²) in [4.78, 5) is 0. The Balaban J connectivity index is 1.99. The van der Waals surface area contributed by atoms with Gasteiger partial charge in [0.15, 0.2) is 0 Å². The fourth-order valence-electron chi connectivity index (χ4n) is 1.99. The number of hydrogen-bond acceptors (Lipinski definition) is 3. The molecule has 1 aliphatic heterocycles. The van der Waals surface area contributed by atoms with Crippen LogP contribution in [0.25, 0.3) is 0 Å². The first-order valence-electron chi connectivity index (χ1n) is 5.72. The molecule has 4 nitrogen and oxygen atoms in total. The maximum absolute atomic E-state index is 11.5. The SMILES string of the molecule is CS(=O)(=O)N1CCCC(Oc2ccccc2)C1. The second-order valence-corrected chi connectivity index (χ2v) is 6.30. The van der Waals surface area contributed by atoms with Crippen LogP contribution in [0.4, 0.5) is 0 Å². The molecule has 1 saturated heterocycles. The van der Waals surface area contributed by atoms with Crippen molar-refractivity contribution in [2.45, 2.75) is 18.9 Å². The first-order chi connectivity index (χ1) is 8.05. The number of piperidine rings is 1. The summed E-state index contributed by atoms with van der Waals surface area (Å²) in [7, 11) is -3.10. The van der Waals surface area contributed by atoms with Gasteiger partial charge in [0, 0.05) is 6.54 Å². The van der Waals surface area contributed by atoms with Crippen LogP contribution in [0, 0.1) is 0 Å². The van der Waals surface area contributed by atoms with Gasteiger partial charge in [-0.15, -0.1) is 0 Å². The van der Waals surface area contributed by atoms with Crippen LogP contribution in [-0.2, 0) is 10.0 Å². The zero-order valence-corrected chi connectivity index (χ0v) is 10.7. The van der Waals surface area contributed by atoms with E-state index in [9.17, 15) is 8.42 Å². The monoisotopic (exact) mass is 255 g/mol. The van der Waals surface area contributed by atoms with Gasteiger partial charge in [-0.25, -0.2) is 8.42 Å². The molecule has 5 heteroatoms. The quantitative estimate of drug-likeness (QED) is 0.822. The third-order valence-electron chi connectivity index (χ3n) is 2.86. The van der Waals surface area contributed by atoms with Gasteiger partial charge in [-0.05, 0) is 25.0 Å². The number of ether oxygens (including phenoxy) is 1. The maximum atomic E-state index is 11.5. The summed E-state index contributed by atoms with van der Waals surface area (Å²) in [5.41, 5.74) is 0. The minimum Gasteiger partial charge on any atom is -0.489 e. The highest BCUT2D eigenvalue weighted by Crippen LogP contribution is 2.19. The molecule has 0 spiro atoms. The molecule has 2 rings (SSSR count). The molecule has 0 radical (unpaired) electrons. The molecule has 17 heavy (non-hydrogen) atoms. The summed E-state index contributed by atoms with van der Waals surface area (Å²) in [5, 5.41) is 0. The van der Waals surface area contributed by atoms with Gasteiger partial charge in [-0.2, -0.15) is 4.31 Å². The van der Waals surface area contributed by atoms with E-state index in [0.717, 1.165) is 18.6 Å². The Morgan fingerprint density at radius 1 is 1.29 bits per heavy atom. The van der Waals surface area contributed by atoms with Gasteiger partial charge in [0.1, 0.15) is 11.9 Å². The molecule has 1 fully saturated rings. The van der Waals surface area contributed by atoms with Gasteiger partial charge < -0.3 is 4.74 Å². The molecule has 0 saturated carbocycles. The summed E-state index contributed by atoms with van der Waals surface area (Å²) in [6.07, 6.45) is 2.96. The molecule has 0 N–H and O–H groups in total. The Kier molecular flexibility index (Phi) is 3.69. The standard InChI is InChI=1S/C12H17NO3S/c1-17(14,15)13-9-5-8-12(10-13)16-11-6-3-2-4-7-11/h2-4,6-7,12H,5,8-10H2,1H3. The Morgan fingerprint density at radius 2 is 2.00 bits per heavy atom. The lowest BCUT2D eigenvalue weighted by molar-refractivity contribution is 0.130. The van der Waals surface area contributed by atoms with Gasteiger partial charge in [0.05, 0.1) is 12.8 Å². The summed E-state index contributed by atoms with van der Waals surface area (Å²) >= 11 is 0. The van der Waals surface area contributed by atoms with E-state index in [1.807, 2.05) is 30.3 Å². The zero-order chi connectivity index (χ0) is 12.3. The Bertz CT molecular complexity index is 458. The van der Waals surface area contributed by atoms with Crippen molar-refractivity contribution < 1.29 is 13.2 Å². The van der Waals surface area contributed by atoms with E-state index >= 15 is 0 Å². The molecule has 0 aliphatic carbocycles. The lowest BCUT2D eigenvalue weighted by Crippen LogP contribution is -2.43. The van der Waals surface area contributed by atoms with Crippen molar-refractivity contribution >= 4 is 10.0 Å². The lowest BCUT2D eigenvalue weighted by Gasteiger charge is -2.31. The van der Waals surface area contributed by atoms with Crippen LogP contribution in [-0.4, -0.2) is 38.2 Å². The van der Waals surface area contributed by atoms with E-state index in [1.54, 1.807) is 0 Å². The molecule has 0 bridgehead atoms. The zero-order valence-electron chi connectivity index (χ0n) is 9.87. The highest BCUT2D eigenvalue weighted by atomic mass is 32.2. The number of hydrogen-bond donors (Lipinski definition) is 0. The molecule has 0 amide bonds. The minimum atomic E-state index is -3.10. The van der Waals surface area contributed by atoms with E-state index in [-0.39, 0.29) is 6.10 Å². The van der Waals surface area contributed by atoms with Gasteiger partial charge in [-0.1, -0.05) is 18.2 Å². The maximum Gasteiger partial charge on any atom is 0.211 e. The van der Waals surface area contributed by atoms with Gasteiger partial charge in [-0.3, -0.25) is 0 Å². The van der Waals surface area contributed by atoms with Gasteiger partial charge in [0.2, 0.25) is 10.0 Å². The highest BCUT2D eigenvalue weighted by molar-refractivity contribution is 7.88. The van der Waals surface area contributed by atoms with E-state index < -0.39 is 10.0 Å². The van der Waals surface area contributed by atoms with Crippen LogP contribution in [0.5, 0.6) is 5.75 Å². The topological polar surface area (TPSA) is 46.6 Å². The van der Waals surface area contributed by atoms with E-state index in [1.165, 1.54) is 10.6 Å². The number of benzene rings is 1. The normalized spacial score (nSPS) is 22.3. The molecular weight excluding hydrogens is 238 g/mol. The molecule has 1 heterocycles. The van der Waals surface area contributed by atoms with Crippen molar-refractivity contribution in [2.75, 3.05) is 19.3 Å². The number of nitrogens with zero attached hydrogens (tertiary/aromatic N) is 1. The molecule has 0 aromatic heterocycles. The van der Waals surface area contributed by atoms with Crippen LogP contribution in [0.15, 0.2) is 30.3 Å². The average Bonchev–Trinajstić information content (AvgIpc) is 2.29. The predicted molar refractivity (Wildman–Crippen MR) is 66.5 cm³/mol. The fourth-order valence-corrected chi connectivity index (χ4v) is 2.89. The molecule has 1 unspecified atom stereocenters. The second kappa shape index (κ2) is 5.06. The number of rotatable bonds is 3.